The van der Waals surface area contributed by atoms with Crippen molar-refractivity contribution in [3.05, 3.63) is 44.4 Å². The predicted molar refractivity (Wildman–Crippen MR) is 125 cm³/mol. The zero-order chi connectivity index (χ0) is 21.8. The van der Waals surface area contributed by atoms with Crippen LogP contribution < -0.4 is 9.61 Å². The molecule has 1 saturated heterocycles. The average Bonchev–Trinajstić information content (AvgIpc) is 3.53. The number of fused-ring (bicyclic) bond motifs is 6. The van der Waals surface area contributed by atoms with Crippen LogP contribution in [0.4, 0.5) is 0 Å². The second kappa shape index (κ2) is 8.22. The monoisotopic (exact) mass is 472 g/mol. The number of ether oxygens (including phenoxy) is 2. The van der Waals surface area contributed by atoms with Crippen molar-refractivity contribution in [2.45, 2.75) is 42.0 Å². The maximum atomic E-state index is 13.2. The van der Waals surface area contributed by atoms with E-state index in [9.17, 15) is 9.59 Å². The second-order valence-corrected chi connectivity index (χ2v) is 11.5. The molecule has 1 aromatic heterocycles. The topological polar surface area (TPSA) is 60.8 Å². The molecule has 0 radical (unpaired) electrons. The Morgan fingerprint density at radius 2 is 1.91 bits per heavy atom. The molecule has 0 spiro atoms. The third kappa shape index (κ3) is 3.33. The number of aromatic nitrogens is 1. The third-order valence-corrected chi connectivity index (χ3v) is 10.6. The lowest BCUT2D eigenvalue weighted by Gasteiger charge is -2.40. The van der Waals surface area contributed by atoms with Gasteiger partial charge in [-0.2, -0.15) is 0 Å². The molecule has 170 valence electrons. The van der Waals surface area contributed by atoms with Crippen molar-refractivity contribution in [3.8, 4) is 5.75 Å². The van der Waals surface area contributed by atoms with Crippen LogP contribution in [0, 0.1) is 17.8 Å². The molecule has 4 unspecified atom stereocenters. The summed E-state index contributed by atoms with van der Waals surface area (Å²) in [6.07, 6.45) is 3.91. The Labute approximate surface area is 195 Å². The van der Waals surface area contributed by atoms with E-state index in [-0.39, 0.29) is 23.2 Å². The predicted octanol–water partition coefficient (Wildman–Crippen LogP) is 3.43. The van der Waals surface area contributed by atoms with Crippen LogP contribution in [0.25, 0.3) is 0 Å². The number of rotatable bonds is 4. The van der Waals surface area contributed by atoms with Crippen LogP contribution in [-0.4, -0.2) is 54.0 Å². The number of methoxy groups -OCH3 is 1. The first-order chi connectivity index (χ1) is 15.6. The van der Waals surface area contributed by atoms with Crippen LogP contribution >= 0.6 is 23.1 Å². The number of benzene rings is 1. The lowest BCUT2D eigenvalue weighted by Crippen LogP contribution is -2.43. The van der Waals surface area contributed by atoms with E-state index in [0.29, 0.717) is 37.5 Å². The number of amides is 1. The van der Waals surface area contributed by atoms with Gasteiger partial charge in [-0.1, -0.05) is 23.5 Å². The van der Waals surface area contributed by atoms with Crippen LogP contribution in [0.2, 0.25) is 0 Å². The molecular formula is C24H28N2O4S2. The van der Waals surface area contributed by atoms with Gasteiger partial charge in [-0.15, -0.1) is 11.8 Å². The summed E-state index contributed by atoms with van der Waals surface area (Å²) < 4.78 is 12.5. The normalized spacial score (nSPS) is 30.8. The molecule has 2 aliphatic carbocycles. The molecule has 2 aliphatic heterocycles. The summed E-state index contributed by atoms with van der Waals surface area (Å²) in [4.78, 5) is 29.1. The van der Waals surface area contributed by atoms with Crippen molar-refractivity contribution in [2.75, 3.05) is 33.4 Å². The van der Waals surface area contributed by atoms with Gasteiger partial charge in [-0.25, -0.2) is 0 Å². The molecule has 32 heavy (non-hydrogen) atoms. The maximum absolute atomic E-state index is 13.2. The SMILES string of the molecule is COc1ccc([C@H]2c3sc(=O)n(CC(=O)N4CCOCC4)c3SC3C4CCC(C4)C32)cc1. The fourth-order valence-corrected chi connectivity index (χ4v) is 9.47. The van der Waals surface area contributed by atoms with Crippen molar-refractivity contribution >= 4 is 29.0 Å². The zero-order valence-electron chi connectivity index (χ0n) is 18.2. The van der Waals surface area contributed by atoms with Crippen LogP contribution in [0.5, 0.6) is 5.75 Å². The molecule has 3 fully saturated rings. The Hall–Kier alpha value is -1.77. The van der Waals surface area contributed by atoms with Gasteiger partial charge in [0.15, 0.2) is 0 Å². The third-order valence-electron chi connectivity index (χ3n) is 7.82. The van der Waals surface area contributed by atoms with Gasteiger partial charge in [0.2, 0.25) is 5.91 Å². The molecule has 6 nitrogen and oxygen atoms in total. The highest BCUT2D eigenvalue weighted by Crippen LogP contribution is 2.64. The Kier molecular flexibility index (Phi) is 5.35. The summed E-state index contributed by atoms with van der Waals surface area (Å²) >= 11 is 3.24. The number of carbonyl (C=O) groups is 1. The molecule has 0 N–H and O–H groups in total. The number of morpholine rings is 1. The van der Waals surface area contributed by atoms with Crippen molar-refractivity contribution in [1.29, 1.82) is 0 Å². The molecule has 6 rings (SSSR count). The van der Waals surface area contributed by atoms with E-state index >= 15 is 0 Å². The number of hydrogen-bond donors (Lipinski definition) is 0. The summed E-state index contributed by atoms with van der Waals surface area (Å²) in [6.45, 7) is 2.50. The van der Waals surface area contributed by atoms with Crippen LogP contribution in [0.1, 0.15) is 35.6 Å². The standard InChI is InChI=1S/C24H28N2O4S2/c1-29-17-6-4-14(5-7-17)19-20-15-2-3-16(12-15)21(20)31-23-22(19)32-24(28)26(23)13-18(27)25-8-10-30-11-9-25/h4-7,15-16,19-21H,2-3,8-13H2,1H3/t15?,16?,19-,20?,21?/m1/s1. The number of nitrogens with zero attached hydrogens (tertiary/aromatic N) is 2. The van der Waals surface area contributed by atoms with Gasteiger partial charge < -0.3 is 14.4 Å². The Balaban J connectivity index is 1.39. The number of thiazole rings is 1. The fourth-order valence-electron chi connectivity index (χ4n) is 6.32. The average molecular weight is 473 g/mol. The Bertz CT molecular complexity index is 1070. The van der Waals surface area contributed by atoms with Gasteiger partial charge in [0.05, 0.1) is 25.3 Å². The van der Waals surface area contributed by atoms with Gasteiger partial charge in [-0.05, 0) is 54.7 Å². The first-order valence-electron chi connectivity index (χ1n) is 11.5. The fraction of sp³-hybridized carbons (Fsp3) is 0.583. The van der Waals surface area contributed by atoms with Crippen molar-refractivity contribution in [3.63, 3.8) is 0 Å². The molecule has 2 bridgehead atoms. The van der Waals surface area contributed by atoms with Gasteiger partial charge in [0.25, 0.3) is 0 Å². The summed E-state index contributed by atoms with van der Waals surface area (Å²) in [5.74, 6) is 3.13. The van der Waals surface area contributed by atoms with Crippen molar-refractivity contribution < 1.29 is 14.3 Å². The molecular weight excluding hydrogens is 444 g/mol. The minimum absolute atomic E-state index is 0.00468. The molecule has 1 amide bonds. The minimum atomic E-state index is -0.00468. The molecule has 3 heterocycles. The highest BCUT2D eigenvalue weighted by molar-refractivity contribution is 8.00. The van der Waals surface area contributed by atoms with Gasteiger partial charge >= 0.3 is 4.87 Å². The molecule has 1 aromatic carbocycles. The summed E-state index contributed by atoms with van der Waals surface area (Å²) in [6, 6.07) is 8.39. The summed E-state index contributed by atoms with van der Waals surface area (Å²) in [7, 11) is 1.69. The second-order valence-electron chi connectivity index (χ2n) is 9.36. The van der Waals surface area contributed by atoms with Crippen LogP contribution in [0.15, 0.2) is 34.1 Å². The van der Waals surface area contributed by atoms with Gasteiger partial charge in [0.1, 0.15) is 12.3 Å². The van der Waals surface area contributed by atoms with E-state index in [1.165, 1.54) is 36.2 Å². The van der Waals surface area contributed by atoms with E-state index in [0.717, 1.165) is 27.5 Å². The smallest absolute Gasteiger partial charge is 0.308 e. The zero-order valence-corrected chi connectivity index (χ0v) is 19.8. The Morgan fingerprint density at radius 1 is 1.16 bits per heavy atom. The molecule has 4 aliphatic rings. The largest absolute Gasteiger partial charge is 0.497 e. The van der Waals surface area contributed by atoms with Crippen LogP contribution in [-0.2, 0) is 16.1 Å². The van der Waals surface area contributed by atoms with Gasteiger partial charge in [0, 0.05) is 29.1 Å². The quantitative estimate of drug-likeness (QED) is 0.682. The first-order valence-corrected chi connectivity index (χ1v) is 13.2. The van der Waals surface area contributed by atoms with E-state index in [1.54, 1.807) is 11.7 Å². The number of hydrogen-bond acceptors (Lipinski definition) is 6. The molecule has 5 atom stereocenters. The van der Waals surface area contributed by atoms with Crippen molar-refractivity contribution in [2.24, 2.45) is 17.8 Å². The van der Waals surface area contributed by atoms with Gasteiger partial charge in [-0.3, -0.25) is 14.2 Å². The first kappa shape index (κ1) is 20.8. The lowest BCUT2D eigenvalue weighted by molar-refractivity contribution is -0.136. The number of carbonyl (C=O) groups excluding carboxylic acids is 1. The number of thioether (sulfide) groups is 1. The molecule has 2 saturated carbocycles. The Morgan fingerprint density at radius 3 is 2.66 bits per heavy atom. The highest BCUT2D eigenvalue weighted by Gasteiger charge is 2.55. The minimum Gasteiger partial charge on any atom is -0.497 e. The van der Waals surface area contributed by atoms with E-state index in [4.69, 9.17) is 9.47 Å². The highest BCUT2D eigenvalue weighted by atomic mass is 32.2. The van der Waals surface area contributed by atoms with E-state index in [1.807, 2.05) is 28.8 Å². The summed E-state index contributed by atoms with van der Waals surface area (Å²) in [5.41, 5.74) is 1.27. The molecule has 2 aromatic rings. The maximum Gasteiger partial charge on any atom is 0.308 e. The molecule has 8 heteroatoms. The lowest BCUT2D eigenvalue weighted by atomic mass is 9.75. The van der Waals surface area contributed by atoms with Crippen LogP contribution in [0.3, 0.4) is 0 Å². The summed E-state index contributed by atoms with van der Waals surface area (Å²) in [5, 5.41) is 1.57. The van der Waals surface area contributed by atoms with E-state index in [2.05, 4.69) is 12.1 Å². The van der Waals surface area contributed by atoms with Crippen molar-refractivity contribution in [1.82, 2.24) is 9.47 Å². The van der Waals surface area contributed by atoms with E-state index < -0.39 is 0 Å².